The molecule has 0 bridgehead atoms. The maximum absolute atomic E-state index is 12.1. The summed E-state index contributed by atoms with van der Waals surface area (Å²) in [4.78, 5) is 0.998. The summed E-state index contributed by atoms with van der Waals surface area (Å²) in [6.07, 6.45) is 0. The van der Waals surface area contributed by atoms with Gasteiger partial charge in [0.25, 0.3) is 0 Å². The fourth-order valence-electron chi connectivity index (χ4n) is 1.34. The van der Waals surface area contributed by atoms with Gasteiger partial charge in [-0.25, -0.2) is 13.1 Å². The van der Waals surface area contributed by atoms with Gasteiger partial charge in [0.1, 0.15) is 0 Å². The number of aryl methyl sites for hydroxylation is 1. The Bertz CT molecular complexity index is 482. The molecule has 0 aliphatic carbocycles. The number of aliphatic hydroxyl groups is 1. The number of hydrogen-bond acceptors (Lipinski definition) is 4. The van der Waals surface area contributed by atoms with E-state index in [2.05, 4.69) is 20.7 Å². The first kappa shape index (κ1) is 15.1. The summed E-state index contributed by atoms with van der Waals surface area (Å²) in [5.41, 5.74) is 0. The van der Waals surface area contributed by atoms with Crippen LogP contribution in [0.5, 0.6) is 0 Å². The largest absolute Gasteiger partial charge is 0.395 e. The molecule has 0 spiro atoms. The van der Waals surface area contributed by atoms with Gasteiger partial charge >= 0.3 is 0 Å². The molecule has 1 aromatic heterocycles. The molecule has 0 amide bonds. The maximum Gasteiger partial charge on any atom is 0.242 e. The summed E-state index contributed by atoms with van der Waals surface area (Å²) in [7, 11) is -3.56. The highest BCUT2D eigenvalue weighted by atomic mass is 79.9. The normalized spacial score (nSPS) is 14.2. The molecule has 98 valence electrons. The lowest BCUT2D eigenvalue weighted by Crippen LogP contribution is -2.41. The molecular weight excluding hydrogens is 326 g/mol. The van der Waals surface area contributed by atoms with Crippen LogP contribution >= 0.6 is 27.3 Å². The van der Waals surface area contributed by atoms with Crippen LogP contribution in [0, 0.1) is 12.8 Å². The smallest absolute Gasteiger partial charge is 0.242 e. The summed E-state index contributed by atoms with van der Waals surface area (Å²) < 4.78 is 27.5. The third kappa shape index (κ3) is 3.75. The highest BCUT2D eigenvalue weighted by molar-refractivity contribution is 9.11. The zero-order chi connectivity index (χ0) is 13.2. The second kappa shape index (κ2) is 5.79. The van der Waals surface area contributed by atoms with Gasteiger partial charge in [-0.15, -0.1) is 11.3 Å². The fourth-order valence-corrected chi connectivity index (χ4v) is 5.13. The molecule has 0 aromatic carbocycles. The summed E-state index contributed by atoms with van der Waals surface area (Å²) in [5, 5.41) is 9.15. The molecule has 0 saturated carbocycles. The van der Waals surface area contributed by atoms with Gasteiger partial charge < -0.3 is 5.11 Å². The van der Waals surface area contributed by atoms with Crippen molar-refractivity contribution in [3.05, 3.63) is 14.7 Å². The van der Waals surface area contributed by atoms with Crippen LogP contribution in [0.25, 0.3) is 0 Å². The fraction of sp³-hybridized carbons (Fsp3) is 0.600. The van der Waals surface area contributed by atoms with Crippen molar-refractivity contribution in [3.63, 3.8) is 0 Å². The van der Waals surface area contributed by atoms with Crippen LogP contribution < -0.4 is 4.72 Å². The first-order valence-electron chi connectivity index (χ1n) is 5.17. The van der Waals surface area contributed by atoms with Gasteiger partial charge in [-0.05, 0) is 34.8 Å². The van der Waals surface area contributed by atoms with Gasteiger partial charge in [-0.3, -0.25) is 0 Å². The molecule has 7 heteroatoms. The van der Waals surface area contributed by atoms with Crippen molar-refractivity contribution >= 4 is 37.3 Å². The number of halogens is 1. The molecule has 1 aromatic rings. The minimum absolute atomic E-state index is 0.0390. The molecule has 4 nitrogen and oxygen atoms in total. The number of hydrogen-bond donors (Lipinski definition) is 2. The number of thiophene rings is 1. The third-order valence-electron chi connectivity index (χ3n) is 2.44. The summed E-state index contributed by atoms with van der Waals surface area (Å²) in [6, 6.07) is 1.12. The molecule has 1 rings (SSSR count). The zero-order valence-electron chi connectivity index (χ0n) is 9.90. The monoisotopic (exact) mass is 341 g/mol. The second-order valence-corrected chi connectivity index (χ2v) is 8.44. The van der Waals surface area contributed by atoms with Gasteiger partial charge in [0, 0.05) is 10.9 Å². The van der Waals surface area contributed by atoms with Crippen LogP contribution in [0.1, 0.15) is 18.7 Å². The topological polar surface area (TPSA) is 66.4 Å². The van der Waals surface area contributed by atoms with Crippen LogP contribution in [-0.4, -0.2) is 26.2 Å². The lowest BCUT2D eigenvalue weighted by atomic mass is 10.1. The molecule has 1 atom stereocenters. The number of rotatable bonds is 5. The Labute approximate surface area is 114 Å². The molecule has 0 fully saturated rings. The van der Waals surface area contributed by atoms with Gasteiger partial charge in [0.15, 0.2) is 0 Å². The van der Waals surface area contributed by atoms with E-state index >= 15 is 0 Å². The molecule has 1 heterocycles. The molecule has 1 unspecified atom stereocenters. The number of sulfonamides is 1. The Morgan fingerprint density at radius 3 is 2.47 bits per heavy atom. The van der Waals surface area contributed by atoms with E-state index in [1.165, 1.54) is 11.3 Å². The van der Waals surface area contributed by atoms with Crippen molar-refractivity contribution in [2.75, 3.05) is 6.61 Å². The Balaban J connectivity index is 3.00. The Kier molecular flexibility index (Phi) is 5.15. The summed E-state index contributed by atoms with van der Waals surface area (Å²) in [6.45, 7) is 5.27. The molecule has 17 heavy (non-hydrogen) atoms. The van der Waals surface area contributed by atoms with E-state index in [1.807, 2.05) is 13.8 Å². The van der Waals surface area contributed by atoms with E-state index < -0.39 is 16.1 Å². The summed E-state index contributed by atoms with van der Waals surface area (Å²) >= 11 is 4.64. The molecular formula is C10H16BrNO3S2. The first-order valence-corrected chi connectivity index (χ1v) is 8.26. The highest BCUT2D eigenvalue weighted by Crippen LogP contribution is 2.29. The van der Waals surface area contributed by atoms with E-state index in [-0.39, 0.29) is 17.4 Å². The zero-order valence-corrected chi connectivity index (χ0v) is 13.1. The minimum Gasteiger partial charge on any atom is -0.395 e. The van der Waals surface area contributed by atoms with Gasteiger partial charge in [-0.2, -0.15) is 0 Å². The quantitative estimate of drug-likeness (QED) is 0.861. The van der Waals surface area contributed by atoms with Gasteiger partial charge in [-0.1, -0.05) is 13.8 Å². The third-order valence-corrected chi connectivity index (χ3v) is 5.74. The average molecular weight is 342 g/mol. The maximum atomic E-state index is 12.1. The first-order chi connectivity index (χ1) is 7.77. The van der Waals surface area contributed by atoms with Crippen molar-refractivity contribution in [2.24, 2.45) is 5.92 Å². The van der Waals surface area contributed by atoms with Crippen LogP contribution in [-0.2, 0) is 10.0 Å². The van der Waals surface area contributed by atoms with E-state index in [0.717, 1.165) is 8.66 Å². The molecule has 0 radical (unpaired) electrons. The number of aliphatic hydroxyl groups excluding tert-OH is 1. The van der Waals surface area contributed by atoms with Gasteiger partial charge in [0.05, 0.1) is 15.3 Å². The minimum atomic E-state index is -3.56. The van der Waals surface area contributed by atoms with E-state index in [4.69, 9.17) is 5.11 Å². The lowest BCUT2D eigenvalue weighted by Gasteiger charge is -2.19. The standard InChI is InChI=1S/C10H16BrNO3S2/c1-6(2)8(5-13)12-17(14,15)9-4-10(11)16-7(9)3/h4,6,8,12-13H,5H2,1-3H3. The molecule has 0 aliphatic heterocycles. The highest BCUT2D eigenvalue weighted by Gasteiger charge is 2.24. The van der Waals surface area contributed by atoms with Crippen molar-refractivity contribution in [3.8, 4) is 0 Å². The average Bonchev–Trinajstić information content (AvgIpc) is 2.54. The van der Waals surface area contributed by atoms with Crippen LogP contribution in [0.2, 0.25) is 0 Å². The van der Waals surface area contributed by atoms with E-state index in [9.17, 15) is 8.42 Å². The van der Waals surface area contributed by atoms with Crippen molar-refractivity contribution in [1.82, 2.24) is 4.72 Å². The van der Waals surface area contributed by atoms with Crippen LogP contribution in [0.3, 0.4) is 0 Å². The Hall–Kier alpha value is 0.0500. The second-order valence-electron chi connectivity index (χ2n) is 4.13. The lowest BCUT2D eigenvalue weighted by molar-refractivity contribution is 0.227. The molecule has 0 saturated heterocycles. The van der Waals surface area contributed by atoms with Crippen LogP contribution in [0.4, 0.5) is 0 Å². The number of nitrogens with one attached hydrogen (secondary N) is 1. The van der Waals surface area contributed by atoms with Gasteiger partial charge in [0.2, 0.25) is 10.0 Å². The predicted molar refractivity (Wildman–Crippen MR) is 72.8 cm³/mol. The SMILES string of the molecule is Cc1sc(Br)cc1S(=O)(=O)NC(CO)C(C)C. The van der Waals surface area contributed by atoms with Crippen molar-refractivity contribution in [1.29, 1.82) is 0 Å². The Morgan fingerprint density at radius 2 is 2.12 bits per heavy atom. The predicted octanol–water partition coefficient (Wildman–Crippen LogP) is 2.11. The van der Waals surface area contributed by atoms with Crippen LogP contribution in [0.15, 0.2) is 14.7 Å². The van der Waals surface area contributed by atoms with Crippen molar-refractivity contribution in [2.45, 2.75) is 31.7 Å². The molecule has 2 N–H and O–H groups in total. The van der Waals surface area contributed by atoms with Crippen molar-refractivity contribution < 1.29 is 13.5 Å². The van der Waals surface area contributed by atoms with E-state index in [1.54, 1.807) is 13.0 Å². The molecule has 0 aliphatic rings. The van der Waals surface area contributed by atoms with E-state index in [0.29, 0.717) is 0 Å². The Morgan fingerprint density at radius 1 is 1.53 bits per heavy atom. The summed E-state index contributed by atoms with van der Waals surface area (Å²) in [5.74, 6) is 0.0390.